The second-order valence-electron chi connectivity index (χ2n) is 3.32. The molecule has 0 atom stereocenters. The van der Waals surface area contributed by atoms with E-state index >= 15 is 0 Å². The van der Waals surface area contributed by atoms with E-state index in [0.29, 0.717) is 5.75 Å². The lowest BCUT2D eigenvalue weighted by Crippen LogP contribution is -1.92. The molecule has 0 spiro atoms. The Balaban J connectivity index is 0. The molecule has 0 unspecified atom stereocenters. The molecule has 0 saturated heterocycles. The molecule has 0 aliphatic heterocycles. The lowest BCUT2D eigenvalue weighted by atomic mass is 9.99. The minimum absolute atomic E-state index is 0.189. The molecule has 0 fully saturated rings. The summed E-state index contributed by atoms with van der Waals surface area (Å²) < 4.78 is 5.04. The summed E-state index contributed by atoms with van der Waals surface area (Å²) in [5.74, 6) is 0.689. The lowest BCUT2D eigenvalue weighted by Gasteiger charge is -2.11. The molecular formula is C16H28O2. The smallest absolute Gasteiger partial charge is 0.161 e. The van der Waals surface area contributed by atoms with E-state index in [1.54, 1.807) is 13.2 Å². The van der Waals surface area contributed by atoms with Gasteiger partial charge in [-0.25, -0.2) is 0 Å². The summed E-state index contributed by atoms with van der Waals surface area (Å²) >= 11 is 0. The number of aryl methyl sites for hydroxylation is 1. The Kier molecular flexibility index (Phi) is 11.2. The Labute approximate surface area is 112 Å². The molecule has 2 nitrogen and oxygen atoms in total. The van der Waals surface area contributed by atoms with Gasteiger partial charge < -0.3 is 9.84 Å². The highest BCUT2D eigenvalue weighted by Crippen LogP contribution is 2.32. The predicted molar refractivity (Wildman–Crippen MR) is 81.4 cm³/mol. The Morgan fingerprint density at radius 3 is 2.06 bits per heavy atom. The molecule has 0 aliphatic rings. The summed E-state index contributed by atoms with van der Waals surface area (Å²) in [7, 11) is 1.54. The Morgan fingerprint density at radius 2 is 1.72 bits per heavy atom. The maximum Gasteiger partial charge on any atom is 0.161 e. The van der Waals surface area contributed by atoms with Crippen LogP contribution in [0, 0.1) is 0 Å². The van der Waals surface area contributed by atoms with E-state index in [9.17, 15) is 5.11 Å². The van der Waals surface area contributed by atoms with Crippen LogP contribution < -0.4 is 4.74 Å². The van der Waals surface area contributed by atoms with Gasteiger partial charge in [-0.05, 0) is 36.6 Å². The normalized spacial score (nSPS) is 8.39. The number of hydrogen-bond acceptors (Lipinski definition) is 2. The first-order chi connectivity index (χ1) is 8.60. The van der Waals surface area contributed by atoms with E-state index in [-0.39, 0.29) is 5.75 Å². The molecule has 0 saturated carbocycles. The van der Waals surface area contributed by atoms with E-state index in [4.69, 9.17) is 4.74 Å². The van der Waals surface area contributed by atoms with Crippen molar-refractivity contribution in [2.75, 3.05) is 7.11 Å². The molecule has 1 rings (SSSR count). The SMILES string of the molecule is C=C(C)c1cc(OC)c(O)cc1CC.CC.CC. The number of benzene rings is 1. The number of phenolic OH excluding ortho intramolecular Hbond substituents is 1. The maximum absolute atomic E-state index is 9.57. The number of allylic oxidation sites excluding steroid dienone is 1. The Bertz CT molecular complexity index is 354. The molecule has 1 N–H and O–H groups in total. The van der Waals surface area contributed by atoms with Crippen molar-refractivity contribution in [2.24, 2.45) is 0 Å². The number of phenols is 1. The van der Waals surface area contributed by atoms with E-state index in [0.717, 1.165) is 23.1 Å². The summed E-state index contributed by atoms with van der Waals surface area (Å²) in [5.41, 5.74) is 3.14. The molecule has 1 aromatic rings. The Morgan fingerprint density at radius 1 is 1.22 bits per heavy atom. The number of methoxy groups -OCH3 is 1. The molecule has 0 aliphatic carbocycles. The number of aromatic hydroxyl groups is 1. The monoisotopic (exact) mass is 252 g/mol. The summed E-state index contributed by atoms with van der Waals surface area (Å²) in [6.07, 6.45) is 0.875. The summed E-state index contributed by atoms with van der Waals surface area (Å²) in [6, 6.07) is 3.57. The highest BCUT2D eigenvalue weighted by atomic mass is 16.5. The summed E-state index contributed by atoms with van der Waals surface area (Å²) in [6.45, 7) is 15.9. The van der Waals surface area contributed by atoms with Crippen LogP contribution in [0.3, 0.4) is 0 Å². The van der Waals surface area contributed by atoms with Gasteiger partial charge in [-0.15, -0.1) is 0 Å². The van der Waals surface area contributed by atoms with Gasteiger partial charge >= 0.3 is 0 Å². The second kappa shape index (κ2) is 10.7. The van der Waals surface area contributed by atoms with Crippen molar-refractivity contribution >= 4 is 5.57 Å². The molecule has 1 aromatic carbocycles. The maximum atomic E-state index is 9.57. The van der Waals surface area contributed by atoms with Gasteiger partial charge in [0.1, 0.15) is 0 Å². The highest BCUT2D eigenvalue weighted by molar-refractivity contribution is 5.68. The molecule has 0 radical (unpaired) electrons. The van der Waals surface area contributed by atoms with Gasteiger partial charge in [-0.1, -0.05) is 46.8 Å². The minimum atomic E-state index is 0.189. The van der Waals surface area contributed by atoms with Crippen molar-refractivity contribution in [1.82, 2.24) is 0 Å². The zero-order valence-electron chi connectivity index (χ0n) is 12.9. The average Bonchev–Trinajstić information content (AvgIpc) is 2.42. The van der Waals surface area contributed by atoms with Gasteiger partial charge in [0.25, 0.3) is 0 Å². The summed E-state index contributed by atoms with van der Waals surface area (Å²) in [5, 5.41) is 9.57. The molecule has 0 aromatic heterocycles. The number of rotatable bonds is 3. The van der Waals surface area contributed by atoms with Crippen LogP contribution in [0.4, 0.5) is 0 Å². The standard InChI is InChI=1S/C12H16O2.2C2H6/c1-5-9-6-11(13)12(14-4)7-10(9)8(2)3;2*1-2/h6-7,13H,2,5H2,1,3-4H3;2*1-2H3. The van der Waals surface area contributed by atoms with Crippen molar-refractivity contribution in [1.29, 1.82) is 0 Å². The molecule has 2 heteroatoms. The van der Waals surface area contributed by atoms with Crippen LogP contribution in [0.1, 0.15) is 52.7 Å². The van der Waals surface area contributed by atoms with Crippen LogP contribution >= 0.6 is 0 Å². The van der Waals surface area contributed by atoms with Crippen LogP contribution in [0.15, 0.2) is 18.7 Å². The molecule has 0 heterocycles. The van der Waals surface area contributed by atoms with Gasteiger partial charge in [-0.3, -0.25) is 0 Å². The minimum Gasteiger partial charge on any atom is -0.504 e. The van der Waals surface area contributed by atoms with Gasteiger partial charge in [0, 0.05) is 0 Å². The third kappa shape index (κ3) is 5.26. The second-order valence-corrected chi connectivity index (χ2v) is 3.32. The van der Waals surface area contributed by atoms with E-state index < -0.39 is 0 Å². The van der Waals surface area contributed by atoms with Gasteiger partial charge in [0.05, 0.1) is 7.11 Å². The first-order valence-electron chi connectivity index (χ1n) is 6.65. The molecule has 18 heavy (non-hydrogen) atoms. The largest absolute Gasteiger partial charge is 0.504 e. The third-order valence-corrected chi connectivity index (χ3v) is 2.25. The van der Waals surface area contributed by atoms with Crippen molar-refractivity contribution < 1.29 is 9.84 Å². The molecule has 0 bridgehead atoms. The predicted octanol–water partition coefficient (Wildman–Crippen LogP) is 5.05. The van der Waals surface area contributed by atoms with Crippen molar-refractivity contribution in [3.05, 3.63) is 29.8 Å². The number of ether oxygens (including phenoxy) is 1. The Hall–Kier alpha value is -1.44. The average molecular weight is 252 g/mol. The van der Waals surface area contributed by atoms with Crippen LogP contribution in [0.25, 0.3) is 5.57 Å². The van der Waals surface area contributed by atoms with Crippen LogP contribution in [-0.2, 0) is 6.42 Å². The van der Waals surface area contributed by atoms with E-state index in [1.165, 1.54) is 0 Å². The fourth-order valence-corrected chi connectivity index (χ4v) is 1.46. The first-order valence-corrected chi connectivity index (χ1v) is 6.65. The fourth-order valence-electron chi connectivity index (χ4n) is 1.46. The topological polar surface area (TPSA) is 29.5 Å². The molecule has 104 valence electrons. The van der Waals surface area contributed by atoms with Crippen LogP contribution in [0.2, 0.25) is 0 Å². The van der Waals surface area contributed by atoms with Crippen molar-refractivity contribution in [3.8, 4) is 11.5 Å². The van der Waals surface area contributed by atoms with Gasteiger partial charge in [-0.2, -0.15) is 0 Å². The zero-order chi connectivity index (χ0) is 14.7. The van der Waals surface area contributed by atoms with Crippen LogP contribution in [0.5, 0.6) is 11.5 Å². The number of hydrogen-bond donors (Lipinski definition) is 1. The quantitative estimate of drug-likeness (QED) is 0.815. The van der Waals surface area contributed by atoms with Crippen molar-refractivity contribution in [2.45, 2.75) is 48.0 Å². The zero-order valence-corrected chi connectivity index (χ0v) is 12.9. The van der Waals surface area contributed by atoms with Gasteiger partial charge in [0.15, 0.2) is 11.5 Å². The molecular weight excluding hydrogens is 224 g/mol. The third-order valence-electron chi connectivity index (χ3n) is 2.25. The lowest BCUT2D eigenvalue weighted by molar-refractivity contribution is 0.373. The van der Waals surface area contributed by atoms with Gasteiger partial charge in [0.2, 0.25) is 0 Å². The first kappa shape index (κ1) is 18.9. The fraction of sp³-hybridized carbons (Fsp3) is 0.500. The summed E-state index contributed by atoms with van der Waals surface area (Å²) in [4.78, 5) is 0. The highest BCUT2D eigenvalue weighted by Gasteiger charge is 2.08. The van der Waals surface area contributed by atoms with Crippen LogP contribution in [-0.4, -0.2) is 12.2 Å². The molecule has 0 amide bonds. The van der Waals surface area contributed by atoms with Crippen molar-refractivity contribution in [3.63, 3.8) is 0 Å². The van der Waals surface area contributed by atoms with E-state index in [1.807, 2.05) is 47.6 Å². The van der Waals surface area contributed by atoms with E-state index in [2.05, 4.69) is 6.58 Å².